The molecule has 10 heteroatoms. The number of rotatable bonds is 9. The number of benzene rings is 1. The second-order valence-electron chi connectivity index (χ2n) is 9.28. The number of pyridine rings is 1. The van der Waals surface area contributed by atoms with E-state index in [1.54, 1.807) is 23.8 Å². The molecule has 190 valence electrons. The van der Waals surface area contributed by atoms with Gasteiger partial charge in [0.1, 0.15) is 11.6 Å². The summed E-state index contributed by atoms with van der Waals surface area (Å²) in [6, 6.07) is 7.67. The van der Waals surface area contributed by atoms with Crippen LogP contribution in [0.15, 0.2) is 35.3 Å². The first-order valence-corrected chi connectivity index (χ1v) is 12.9. The van der Waals surface area contributed by atoms with Crippen LogP contribution in [0.25, 0.3) is 10.9 Å². The van der Waals surface area contributed by atoms with Gasteiger partial charge in [0.2, 0.25) is 5.95 Å². The Labute approximate surface area is 215 Å². The van der Waals surface area contributed by atoms with Crippen molar-refractivity contribution in [2.75, 3.05) is 49.5 Å². The average molecular weight is 511 g/mol. The van der Waals surface area contributed by atoms with Crippen molar-refractivity contribution in [1.29, 1.82) is 0 Å². The molecule has 9 nitrogen and oxygen atoms in total. The fraction of sp³-hybridized carbons (Fsp3) is 0.462. The Morgan fingerprint density at radius 3 is 2.64 bits per heavy atom. The number of ketones is 1. The number of fused-ring (bicyclic) bond motifs is 1. The van der Waals surface area contributed by atoms with Gasteiger partial charge in [0.15, 0.2) is 17.4 Å². The molecule has 3 heterocycles. The van der Waals surface area contributed by atoms with E-state index < -0.39 is 0 Å². The Bertz CT molecular complexity index is 1330. The minimum absolute atomic E-state index is 0.0480. The van der Waals surface area contributed by atoms with E-state index in [1.165, 1.54) is 0 Å². The lowest BCUT2D eigenvalue weighted by atomic mass is 10.1. The van der Waals surface area contributed by atoms with Crippen molar-refractivity contribution in [3.05, 3.63) is 45.8 Å². The molecular formula is C26H31ClN6O3. The van der Waals surface area contributed by atoms with Crippen LogP contribution in [0.5, 0.6) is 5.75 Å². The summed E-state index contributed by atoms with van der Waals surface area (Å²) in [5, 5.41) is 4.59. The SMILES string of the molecule is CCC(=O)COc1cc2cc(Nc3nc(N4CCN(CC)CC4)ncc3Cl)ccc2n(C2CC2)c1=O. The van der Waals surface area contributed by atoms with Gasteiger partial charge in [0.05, 0.1) is 11.7 Å². The smallest absolute Gasteiger partial charge is 0.293 e. The highest BCUT2D eigenvalue weighted by Gasteiger charge is 2.28. The topological polar surface area (TPSA) is 92.6 Å². The molecule has 0 bridgehead atoms. The van der Waals surface area contributed by atoms with Gasteiger partial charge < -0.3 is 24.4 Å². The van der Waals surface area contributed by atoms with Gasteiger partial charge in [0.25, 0.3) is 5.56 Å². The quantitative estimate of drug-likeness (QED) is 0.461. The monoisotopic (exact) mass is 510 g/mol. The van der Waals surface area contributed by atoms with Crippen LogP contribution in [0, 0.1) is 0 Å². The molecular weight excluding hydrogens is 480 g/mol. The molecule has 2 aromatic heterocycles. The van der Waals surface area contributed by atoms with Crippen LogP contribution in [0.1, 0.15) is 39.2 Å². The van der Waals surface area contributed by atoms with E-state index >= 15 is 0 Å². The van der Waals surface area contributed by atoms with Crippen molar-refractivity contribution in [2.45, 2.75) is 39.2 Å². The Hall–Kier alpha value is -3.17. The number of carbonyl (C=O) groups is 1. The number of Topliss-reactive ketones (excluding diaryl/α,β-unsaturated/α-hetero) is 1. The van der Waals surface area contributed by atoms with Crippen LogP contribution in [0.2, 0.25) is 5.02 Å². The molecule has 1 N–H and O–H groups in total. The number of piperazine rings is 1. The van der Waals surface area contributed by atoms with Crippen LogP contribution in [-0.2, 0) is 4.79 Å². The highest BCUT2D eigenvalue weighted by Crippen LogP contribution is 2.37. The molecule has 1 aliphatic carbocycles. The van der Waals surface area contributed by atoms with Gasteiger partial charge >= 0.3 is 0 Å². The maximum absolute atomic E-state index is 13.1. The number of likely N-dealkylation sites (N-methyl/N-ethyl adjacent to an activating group) is 1. The minimum Gasteiger partial charge on any atom is -0.480 e. The number of halogens is 1. The second-order valence-corrected chi connectivity index (χ2v) is 9.69. The van der Waals surface area contributed by atoms with Crippen LogP contribution in [0.3, 0.4) is 0 Å². The normalized spacial score (nSPS) is 16.4. The number of hydrogen-bond acceptors (Lipinski definition) is 8. The van der Waals surface area contributed by atoms with Gasteiger partial charge in [-0.2, -0.15) is 4.98 Å². The maximum Gasteiger partial charge on any atom is 0.293 e. The standard InChI is InChI=1S/C26H31ClN6O3/c1-3-20(34)16-36-23-14-17-13-18(5-8-22(17)33(25(23)35)19-6-7-19)29-24-21(27)15-28-26(30-24)32-11-9-31(4-2)10-12-32/h5,8,13-15,19H,3-4,6-7,9-12,16H2,1-2H3,(H,28,29,30). The van der Waals surface area contributed by atoms with E-state index in [4.69, 9.17) is 21.3 Å². The predicted octanol–water partition coefficient (Wildman–Crippen LogP) is 4.02. The van der Waals surface area contributed by atoms with E-state index in [0.717, 1.165) is 62.2 Å². The van der Waals surface area contributed by atoms with E-state index in [2.05, 4.69) is 27.0 Å². The Balaban J connectivity index is 1.43. The van der Waals surface area contributed by atoms with E-state index in [9.17, 15) is 9.59 Å². The summed E-state index contributed by atoms with van der Waals surface area (Å²) in [5.74, 6) is 1.33. The average Bonchev–Trinajstić information content (AvgIpc) is 3.74. The molecule has 0 amide bonds. The van der Waals surface area contributed by atoms with Gasteiger partial charge in [0, 0.05) is 49.7 Å². The van der Waals surface area contributed by atoms with Gasteiger partial charge in [-0.1, -0.05) is 25.4 Å². The first-order chi connectivity index (χ1) is 17.5. The molecule has 2 fully saturated rings. The van der Waals surface area contributed by atoms with Crippen molar-refractivity contribution in [1.82, 2.24) is 19.4 Å². The van der Waals surface area contributed by atoms with Crippen molar-refractivity contribution in [3.8, 4) is 5.75 Å². The fourth-order valence-electron chi connectivity index (χ4n) is 4.46. The number of hydrogen-bond donors (Lipinski definition) is 1. The summed E-state index contributed by atoms with van der Waals surface area (Å²) < 4.78 is 7.43. The van der Waals surface area contributed by atoms with Crippen molar-refractivity contribution in [2.24, 2.45) is 0 Å². The number of ether oxygens (including phenoxy) is 1. The maximum atomic E-state index is 13.1. The molecule has 1 saturated carbocycles. The van der Waals surface area contributed by atoms with Gasteiger partial charge in [-0.25, -0.2) is 4.98 Å². The van der Waals surface area contributed by atoms with Gasteiger partial charge in [-0.15, -0.1) is 0 Å². The Kier molecular flexibility index (Phi) is 7.11. The molecule has 1 aromatic carbocycles. The predicted molar refractivity (Wildman–Crippen MR) is 142 cm³/mol. The zero-order valence-electron chi connectivity index (χ0n) is 20.7. The number of aromatic nitrogens is 3. The second kappa shape index (κ2) is 10.4. The highest BCUT2D eigenvalue weighted by molar-refractivity contribution is 6.32. The zero-order chi connectivity index (χ0) is 25.2. The number of anilines is 3. The fourth-order valence-corrected chi connectivity index (χ4v) is 4.59. The lowest BCUT2D eigenvalue weighted by Gasteiger charge is -2.34. The van der Waals surface area contributed by atoms with E-state index in [0.29, 0.717) is 23.2 Å². The van der Waals surface area contributed by atoms with Crippen molar-refractivity contribution < 1.29 is 9.53 Å². The lowest BCUT2D eigenvalue weighted by molar-refractivity contribution is -0.120. The third kappa shape index (κ3) is 5.17. The number of carbonyl (C=O) groups excluding carboxylic acids is 1. The van der Waals surface area contributed by atoms with Crippen LogP contribution in [0.4, 0.5) is 17.5 Å². The molecule has 5 rings (SSSR count). The number of nitrogens with zero attached hydrogens (tertiary/aromatic N) is 5. The zero-order valence-corrected chi connectivity index (χ0v) is 21.4. The summed E-state index contributed by atoms with van der Waals surface area (Å²) in [4.78, 5) is 38.6. The van der Waals surface area contributed by atoms with Crippen LogP contribution in [-0.4, -0.2) is 64.5 Å². The van der Waals surface area contributed by atoms with Gasteiger partial charge in [-0.3, -0.25) is 9.59 Å². The molecule has 0 spiro atoms. The largest absolute Gasteiger partial charge is 0.480 e. The summed E-state index contributed by atoms with van der Waals surface area (Å²) in [6.07, 6.45) is 3.91. The molecule has 0 atom stereocenters. The molecule has 3 aromatic rings. The summed E-state index contributed by atoms with van der Waals surface area (Å²) in [7, 11) is 0. The number of nitrogens with one attached hydrogen (secondary N) is 1. The summed E-state index contributed by atoms with van der Waals surface area (Å²) in [5.41, 5.74) is 1.42. The third-order valence-electron chi connectivity index (χ3n) is 6.79. The molecule has 36 heavy (non-hydrogen) atoms. The third-order valence-corrected chi connectivity index (χ3v) is 7.07. The van der Waals surface area contributed by atoms with Crippen molar-refractivity contribution in [3.63, 3.8) is 0 Å². The van der Waals surface area contributed by atoms with Crippen LogP contribution >= 0.6 is 11.6 Å². The summed E-state index contributed by atoms with van der Waals surface area (Å²) in [6.45, 7) is 8.58. The Morgan fingerprint density at radius 2 is 1.94 bits per heavy atom. The molecule has 1 saturated heterocycles. The summed E-state index contributed by atoms with van der Waals surface area (Å²) >= 11 is 6.44. The first kappa shape index (κ1) is 24.5. The Morgan fingerprint density at radius 1 is 1.17 bits per heavy atom. The van der Waals surface area contributed by atoms with Crippen LogP contribution < -0.4 is 20.5 Å². The molecule has 2 aliphatic rings. The molecule has 1 aliphatic heterocycles. The van der Waals surface area contributed by atoms with Gasteiger partial charge in [-0.05, 0) is 43.7 Å². The lowest BCUT2D eigenvalue weighted by Crippen LogP contribution is -2.46. The molecule has 0 radical (unpaired) electrons. The first-order valence-electron chi connectivity index (χ1n) is 12.6. The van der Waals surface area contributed by atoms with E-state index in [1.807, 2.05) is 18.2 Å². The highest BCUT2D eigenvalue weighted by atomic mass is 35.5. The minimum atomic E-state index is -0.193. The molecule has 0 unspecified atom stereocenters. The van der Waals surface area contributed by atoms with Crippen molar-refractivity contribution >= 4 is 45.7 Å². The van der Waals surface area contributed by atoms with E-state index in [-0.39, 0.29) is 29.7 Å².